The lowest BCUT2D eigenvalue weighted by Crippen LogP contribution is -2.20. The maximum Gasteiger partial charge on any atom is 0.352 e. The van der Waals surface area contributed by atoms with Crippen molar-refractivity contribution in [3.63, 3.8) is 0 Å². The van der Waals surface area contributed by atoms with E-state index in [9.17, 15) is 9.90 Å². The predicted molar refractivity (Wildman–Crippen MR) is 110 cm³/mol. The van der Waals surface area contributed by atoms with Crippen LogP contribution in [0.1, 0.15) is 60.6 Å². The third kappa shape index (κ3) is 3.17. The number of ether oxygens (including phenoxy) is 1. The Morgan fingerprint density at radius 2 is 2.24 bits per heavy atom. The van der Waals surface area contributed by atoms with E-state index < -0.39 is 23.0 Å². The smallest absolute Gasteiger partial charge is 0.352 e. The van der Waals surface area contributed by atoms with E-state index in [1.54, 1.807) is 10.9 Å². The molecule has 0 fully saturated rings. The fourth-order valence-electron chi connectivity index (χ4n) is 4.61. The van der Waals surface area contributed by atoms with Gasteiger partial charge in [0, 0.05) is 23.0 Å². The molecule has 3 atom stereocenters. The van der Waals surface area contributed by atoms with Gasteiger partial charge in [0.15, 0.2) is 0 Å². The minimum atomic E-state index is -1.16. The Kier molecular flexibility index (Phi) is 4.68. The topological polar surface area (TPSA) is 115 Å². The van der Waals surface area contributed by atoms with Gasteiger partial charge in [-0.2, -0.15) is 9.46 Å². The SMILES string of the molecule is CC1CCOc2c(S(N)=NC(=O)Nc3c4c(cc5c3CCC5O)CCC4)cnn21. The molecular weight excluding hydrogens is 390 g/mol. The molecule has 29 heavy (non-hydrogen) atoms. The Morgan fingerprint density at radius 1 is 1.38 bits per heavy atom. The Morgan fingerprint density at radius 3 is 3.10 bits per heavy atom. The molecule has 1 aliphatic heterocycles. The maximum atomic E-state index is 12.8. The van der Waals surface area contributed by atoms with Crippen molar-refractivity contribution in [3.8, 4) is 5.88 Å². The highest BCUT2D eigenvalue weighted by Crippen LogP contribution is 2.42. The highest BCUT2D eigenvalue weighted by molar-refractivity contribution is 7.85. The van der Waals surface area contributed by atoms with Gasteiger partial charge in [0.2, 0.25) is 5.88 Å². The molecule has 1 aromatic carbocycles. The number of hydrogen-bond acceptors (Lipinski definition) is 4. The molecule has 5 rings (SSSR count). The quantitative estimate of drug-likeness (QED) is 0.698. The number of hydrogen-bond donors (Lipinski definition) is 3. The van der Waals surface area contributed by atoms with Gasteiger partial charge in [0.1, 0.15) is 4.90 Å². The van der Waals surface area contributed by atoms with Crippen LogP contribution in [-0.4, -0.2) is 27.5 Å². The van der Waals surface area contributed by atoms with Gasteiger partial charge in [-0.05, 0) is 61.3 Å². The van der Waals surface area contributed by atoms with E-state index in [2.05, 4.69) is 27.8 Å². The third-order valence-electron chi connectivity index (χ3n) is 6.12. The zero-order chi connectivity index (χ0) is 20.1. The van der Waals surface area contributed by atoms with Crippen LogP contribution in [0.2, 0.25) is 0 Å². The molecular formula is C20H25N5O3S. The van der Waals surface area contributed by atoms with Gasteiger partial charge in [-0.15, -0.1) is 0 Å². The first kappa shape index (κ1) is 18.8. The number of amides is 2. The molecule has 3 aliphatic rings. The summed E-state index contributed by atoms with van der Waals surface area (Å²) in [4.78, 5) is 13.4. The van der Waals surface area contributed by atoms with Crippen molar-refractivity contribution in [1.29, 1.82) is 0 Å². The number of urea groups is 1. The Labute approximate surface area is 171 Å². The number of aliphatic hydroxyl groups excluding tert-OH is 1. The van der Waals surface area contributed by atoms with Gasteiger partial charge in [0.05, 0.1) is 24.9 Å². The molecule has 154 valence electrons. The second-order valence-corrected chi connectivity index (χ2v) is 9.20. The molecule has 3 unspecified atom stereocenters. The molecule has 2 amide bonds. The largest absolute Gasteiger partial charge is 0.477 e. The molecule has 0 saturated heterocycles. The summed E-state index contributed by atoms with van der Waals surface area (Å²) < 4.78 is 11.7. The van der Waals surface area contributed by atoms with E-state index in [-0.39, 0.29) is 6.04 Å². The second kappa shape index (κ2) is 7.23. The molecule has 2 heterocycles. The average Bonchev–Trinajstić information content (AvgIpc) is 3.41. The number of anilines is 1. The minimum Gasteiger partial charge on any atom is -0.477 e. The van der Waals surface area contributed by atoms with Crippen molar-refractivity contribution >= 4 is 22.6 Å². The number of carbonyl (C=O) groups excluding carboxylic acids is 1. The highest BCUT2D eigenvalue weighted by Gasteiger charge is 2.29. The number of aromatic nitrogens is 2. The number of nitrogens with one attached hydrogen (secondary N) is 1. The molecule has 2 aliphatic carbocycles. The number of aliphatic hydroxyl groups is 1. The lowest BCUT2D eigenvalue weighted by Gasteiger charge is -2.22. The van der Waals surface area contributed by atoms with Crippen molar-refractivity contribution < 1.29 is 14.6 Å². The van der Waals surface area contributed by atoms with Crippen LogP contribution in [0, 0.1) is 0 Å². The summed E-state index contributed by atoms with van der Waals surface area (Å²) in [6.07, 6.45) is 6.51. The molecule has 2 aromatic rings. The fourth-order valence-corrected chi connectivity index (χ4v) is 5.42. The monoisotopic (exact) mass is 415 g/mol. The first-order valence-corrected chi connectivity index (χ1v) is 11.3. The summed E-state index contributed by atoms with van der Waals surface area (Å²) in [7, 11) is -1.16. The van der Waals surface area contributed by atoms with Crippen LogP contribution < -0.4 is 15.2 Å². The molecule has 0 spiro atoms. The minimum absolute atomic E-state index is 0.235. The molecule has 9 heteroatoms. The van der Waals surface area contributed by atoms with Crippen molar-refractivity contribution in [2.24, 2.45) is 9.50 Å². The zero-order valence-corrected chi connectivity index (χ0v) is 17.2. The van der Waals surface area contributed by atoms with Gasteiger partial charge in [-0.1, -0.05) is 6.07 Å². The molecule has 8 nitrogen and oxygen atoms in total. The Balaban J connectivity index is 1.44. The van der Waals surface area contributed by atoms with Gasteiger partial charge in [-0.3, -0.25) is 5.14 Å². The molecule has 0 bridgehead atoms. The number of nitrogens with zero attached hydrogens (tertiary/aromatic N) is 3. The average molecular weight is 416 g/mol. The zero-order valence-electron chi connectivity index (χ0n) is 16.4. The van der Waals surface area contributed by atoms with Gasteiger partial charge >= 0.3 is 6.03 Å². The van der Waals surface area contributed by atoms with Crippen molar-refractivity contribution in [2.45, 2.75) is 62.5 Å². The lowest BCUT2D eigenvalue weighted by molar-refractivity contribution is 0.180. The summed E-state index contributed by atoms with van der Waals surface area (Å²) in [5.74, 6) is 0.607. The second-order valence-electron chi connectivity index (χ2n) is 7.95. The Hall–Kier alpha value is -2.23. The number of aryl methyl sites for hydroxylation is 1. The number of carbonyl (C=O) groups is 1. The summed E-state index contributed by atoms with van der Waals surface area (Å²) in [6.45, 7) is 2.68. The highest BCUT2D eigenvalue weighted by atomic mass is 32.2. The van der Waals surface area contributed by atoms with Crippen LogP contribution >= 0.6 is 0 Å². The van der Waals surface area contributed by atoms with Crippen LogP contribution in [-0.2, 0) is 30.1 Å². The van der Waals surface area contributed by atoms with Gasteiger partial charge in [0.25, 0.3) is 0 Å². The first-order valence-electron chi connectivity index (χ1n) is 10.1. The van der Waals surface area contributed by atoms with Crippen LogP contribution in [0.25, 0.3) is 0 Å². The third-order valence-corrected chi connectivity index (χ3v) is 7.21. The summed E-state index contributed by atoms with van der Waals surface area (Å²) in [5, 5.41) is 23.9. The van der Waals surface area contributed by atoms with E-state index in [0.29, 0.717) is 23.8 Å². The van der Waals surface area contributed by atoms with Crippen LogP contribution in [0.3, 0.4) is 0 Å². The molecule has 0 radical (unpaired) electrons. The van der Waals surface area contributed by atoms with E-state index in [0.717, 1.165) is 48.9 Å². The van der Waals surface area contributed by atoms with Crippen LogP contribution in [0.15, 0.2) is 21.5 Å². The van der Waals surface area contributed by atoms with Crippen LogP contribution in [0.4, 0.5) is 10.5 Å². The molecule has 4 N–H and O–H groups in total. The maximum absolute atomic E-state index is 12.8. The predicted octanol–water partition coefficient (Wildman–Crippen LogP) is 2.96. The summed E-state index contributed by atoms with van der Waals surface area (Å²) >= 11 is 0. The van der Waals surface area contributed by atoms with Gasteiger partial charge in [-0.25, -0.2) is 9.48 Å². The first-order chi connectivity index (χ1) is 14.0. The fraction of sp³-hybridized carbons (Fsp3) is 0.500. The summed E-state index contributed by atoms with van der Waals surface area (Å²) in [5.41, 5.74) is 5.22. The number of benzene rings is 1. The van der Waals surface area contributed by atoms with Crippen molar-refractivity contribution in [3.05, 3.63) is 34.5 Å². The van der Waals surface area contributed by atoms with Crippen molar-refractivity contribution in [2.75, 3.05) is 11.9 Å². The molecule has 0 saturated carbocycles. The molecule has 1 aromatic heterocycles. The van der Waals surface area contributed by atoms with E-state index in [1.165, 1.54) is 11.1 Å². The van der Waals surface area contributed by atoms with E-state index in [1.807, 2.05) is 0 Å². The van der Waals surface area contributed by atoms with Gasteiger partial charge < -0.3 is 15.2 Å². The van der Waals surface area contributed by atoms with E-state index >= 15 is 0 Å². The number of fused-ring (bicyclic) bond motifs is 3. The van der Waals surface area contributed by atoms with Crippen molar-refractivity contribution in [1.82, 2.24) is 9.78 Å². The standard InChI is InChI=1S/C20H25N5O3S/c1-11-7-8-28-19-17(10-22-25(11)19)29(21)24-20(27)23-18-13-4-2-3-12(13)9-15-14(18)5-6-16(15)26/h9-11,16,26H,2-8H2,1H3,(H3,21,23,24,27). The lowest BCUT2D eigenvalue weighted by atomic mass is 9.98. The summed E-state index contributed by atoms with van der Waals surface area (Å²) in [6, 6.07) is 1.88. The Bertz CT molecular complexity index is 1030. The normalized spacial score (nSPS) is 23.3. The number of nitrogens with two attached hydrogens (primary N) is 1. The van der Waals surface area contributed by atoms with Crippen LogP contribution in [0.5, 0.6) is 5.88 Å². The van der Waals surface area contributed by atoms with E-state index in [4.69, 9.17) is 9.88 Å². The number of rotatable bonds is 2.